The molecule has 138 valence electrons. The number of nitrogens with zero attached hydrogens (tertiary/aromatic N) is 2. The molecule has 0 spiro atoms. The standard InChI is InChI=1S/C12H9N3O9S2/c13-7-1-3-11(12(5-7)26(22,23)24)25(20,21)10-4-2-8(14(16)17)6-9(10)15(18)19/h1-6H,13H2,(H,22,23,24). The molecule has 0 saturated carbocycles. The Kier molecular flexibility index (Phi) is 4.68. The minimum absolute atomic E-state index is 0.185. The van der Waals surface area contributed by atoms with E-state index in [1.165, 1.54) is 0 Å². The Morgan fingerprint density at radius 2 is 1.42 bits per heavy atom. The van der Waals surface area contributed by atoms with Crippen molar-refractivity contribution in [3.05, 3.63) is 56.6 Å². The van der Waals surface area contributed by atoms with Crippen molar-refractivity contribution in [3.8, 4) is 0 Å². The van der Waals surface area contributed by atoms with Gasteiger partial charge in [0.2, 0.25) is 9.84 Å². The molecule has 0 aliphatic rings. The first-order chi connectivity index (χ1) is 11.9. The van der Waals surface area contributed by atoms with Crippen LogP contribution in [0.4, 0.5) is 17.1 Å². The highest BCUT2D eigenvalue weighted by Crippen LogP contribution is 2.35. The number of non-ortho nitro benzene ring substituents is 1. The SMILES string of the molecule is Nc1ccc(S(=O)(=O)c2ccc([N+](=O)[O-])cc2[N+](=O)[O-])c(S(=O)(=O)O)c1. The van der Waals surface area contributed by atoms with Gasteiger partial charge in [0.1, 0.15) is 9.79 Å². The van der Waals surface area contributed by atoms with Gasteiger partial charge in [0, 0.05) is 11.8 Å². The molecule has 12 nitrogen and oxygen atoms in total. The Morgan fingerprint density at radius 3 is 1.92 bits per heavy atom. The van der Waals surface area contributed by atoms with E-state index in [9.17, 15) is 41.6 Å². The number of benzene rings is 2. The summed E-state index contributed by atoms with van der Waals surface area (Å²) in [5.74, 6) is 0. The minimum Gasteiger partial charge on any atom is -0.399 e. The number of nitro benzene ring substituents is 2. The second-order valence-electron chi connectivity index (χ2n) is 4.85. The maximum atomic E-state index is 12.7. The summed E-state index contributed by atoms with van der Waals surface area (Å²) in [6, 6.07) is 4.18. The van der Waals surface area contributed by atoms with Crippen molar-refractivity contribution >= 4 is 37.0 Å². The van der Waals surface area contributed by atoms with Gasteiger partial charge in [0.15, 0.2) is 0 Å². The number of nitro groups is 2. The Balaban J connectivity index is 2.86. The molecule has 0 aliphatic carbocycles. The van der Waals surface area contributed by atoms with Crippen LogP contribution in [0.15, 0.2) is 51.1 Å². The van der Waals surface area contributed by atoms with Crippen LogP contribution >= 0.6 is 0 Å². The fourth-order valence-electron chi connectivity index (χ4n) is 2.06. The predicted octanol–water partition coefficient (Wildman–Crippen LogP) is 1.16. The van der Waals surface area contributed by atoms with Gasteiger partial charge in [-0.05, 0) is 24.3 Å². The summed E-state index contributed by atoms with van der Waals surface area (Å²) >= 11 is 0. The molecule has 0 saturated heterocycles. The molecule has 0 unspecified atom stereocenters. The zero-order chi connectivity index (χ0) is 19.9. The third kappa shape index (κ3) is 3.46. The van der Waals surface area contributed by atoms with Gasteiger partial charge in [-0.2, -0.15) is 8.42 Å². The quantitative estimate of drug-likeness (QED) is 0.316. The number of rotatable bonds is 5. The average molecular weight is 403 g/mol. The first-order valence-corrected chi connectivity index (χ1v) is 9.33. The molecule has 2 aromatic carbocycles. The molecule has 0 aliphatic heterocycles. The Hall–Kier alpha value is -3.10. The molecule has 0 atom stereocenters. The lowest BCUT2D eigenvalue weighted by Gasteiger charge is -2.10. The van der Waals surface area contributed by atoms with Gasteiger partial charge in [0.25, 0.3) is 21.5 Å². The van der Waals surface area contributed by atoms with Crippen molar-refractivity contribution in [2.75, 3.05) is 5.73 Å². The lowest BCUT2D eigenvalue weighted by molar-refractivity contribution is -0.396. The molecule has 14 heteroatoms. The summed E-state index contributed by atoms with van der Waals surface area (Å²) in [4.78, 5) is 16.7. The first-order valence-electron chi connectivity index (χ1n) is 6.40. The van der Waals surface area contributed by atoms with E-state index in [4.69, 9.17) is 5.73 Å². The van der Waals surface area contributed by atoms with E-state index in [0.717, 1.165) is 12.1 Å². The largest absolute Gasteiger partial charge is 0.399 e. The van der Waals surface area contributed by atoms with Crippen LogP contribution in [-0.2, 0) is 20.0 Å². The third-order valence-electron chi connectivity index (χ3n) is 3.17. The van der Waals surface area contributed by atoms with E-state index in [2.05, 4.69) is 0 Å². The topological polar surface area (TPSA) is 201 Å². The highest BCUT2D eigenvalue weighted by Gasteiger charge is 2.34. The molecule has 0 bridgehead atoms. The summed E-state index contributed by atoms with van der Waals surface area (Å²) in [6.07, 6.45) is 0. The average Bonchev–Trinajstić information content (AvgIpc) is 2.53. The van der Waals surface area contributed by atoms with E-state index in [1.807, 2.05) is 0 Å². The Morgan fingerprint density at radius 1 is 0.846 bits per heavy atom. The summed E-state index contributed by atoms with van der Waals surface area (Å²) in [5, 5.41) is 21.9. The van der Waals surface area contributed by atoms with Gasteiger partial charge in [0.05, 0.1) is 20.8 Å². The lowest BCUT2D eigenvalue weighted by atomic mass is 10.3. The number of hydrogen-bond donors (Lipinski definition) is 2. The molecule has 3 N–H and O–H groups in total. The van der Waals surface area contributed by atoms with Crippen molar-refractivity contribution in [3.63, 3.8) is 0 Å². The second kappa shape index (κ2) is 6.32. The maximum Gasteiger partial charge on any atom is 0.295 e. The molecular formula is C12H9N3O9S2. The number of hydrogen-bond acceptors (Lipinski definition) is 9. The normalized spacial score (nSPS) is 11.9. The van der Waals surface area contributed by atoms with Crippen LogP contribution in [0.2, 0.25) is 0 Å². The second-order valence-corrected chi connectivity index (χ2v) is 8.13. The molecule has 0 aromatic heterocycles. The minimum atomic E-state index is -5.04. The monoisotopic (exact) mass is 403 g/mol. The van der Waals surface area contributed by atoms with Crippen molar-refractivity contribution in [2.45, 2.75) is 14.7 Å². The van der Waals surface area contributed by atoms with Crippen molar-refractivity contribution in [2.24, 2.45) is 0 Å². The number of sulfone groups is 1. The van der Waals surface area contributed by atoms with Crippen LogP contribution in [0.25, 0.3) is 0 Å². The zero-order valence-electron chi connectivity index (χ0n) is 12.5. The Labute approximate surface area is 145 Å². The molecule has 0 fully saturated rings. The van der Waals surface area contributed by atoms with Crippen LogP contribution in [0.5, 0.6) is 0 Å². The number of nitrogen functional groups attached to an aromatic ring is 1. The van der Waals surface area contributed by atoms with Gasteiger partial charge >= 0.3 is 0 Å². The maximum absolute atomic E-state index is 12.7. The van der Waals surface area contributed by atoms with Crippen LogP contribution in [0, 0.1) is 20.2 Å². The smallest absolute Gasteiger partial charge is 0.295 e. The van der Waals surface area contributed by atoms with Crippen LogP contribution < -0.4 is 5.73 Å². The van der Waals surface area contributed by atoms with Gasteiger partial charge in [-0.3, -0.25) is 24.8 Å². The van der Waals surface area contributed by atoms with E-state index >= 15 is 0 Å². The molecule has 0 heterocycles. The highest BCUT2D eigenvalue weighted by molar-refractivity contribution is 7.93. The fourth-order valence-corrected chi connectivity index (χ4v) is 4.77. The van der Waals surface area contributed by atoms with Crippen LogP contribution in [0.1, 0.15) is 0 Å². The van der Waals surface area contributed by atoms with Gasteiger partial charge in [-0.1, -0.05) is 0 Å². The number of anilines is 1. The summed E-state index contributed by atoms with van der Waals surface area (Å²) in [5.41, 5.74) is 3.34. The fraction of sp³-hybridized carbons (Fsp3) is 0. The third-order valence-corrected chi connectivity index (χ3v) is 6.06. The lowest BCUT2D eigenvalue weighted by Crippen LogP contribution is -2.12. The van der Waals surface area contributed by atoms with Gasteiger partial charge < -0.3 is 5.73 Å². The summed E-state index contributed by atoms with van der Waals surface area (Å²) in [6.45, 7) is 0. The van der Waals surface area contributed by atoms with Gasteiger partial charge in [-0.15, -0.1) is 0 Å². The van der Waals surface area contributed by atoms with Crippen molar-refractivity contribution in [1.29, 1.82) is 0 Å². The molecule has 2 rings (SSSR count). The van der Waals surface area contributed by atoms with Gasteiger partial charge in [-0.25, -0.2) is 8.42 Å². The molecule has 26 heavy (non-hydrogen) atoms. The zero-order valence-corrected chi connectivity index (χ0v) is 14.1. The molecule has 0 radical (unpaired) electrons. The predicted molar refractivity (Wildman–Crippen MR) is 85.9 cm³/mol. The Bertz CT molecular complexity index is 1140. The molecular weight excluding hydrogens is 394 g/mol. The van der Waals surface area contributed by atoms with E-state index in [0.29, 0.717) is 24.3 Å². The summed E-state index contributed by atoms with van der Waals surface area (Å²) in [7, 11) is -9.89. The van der Waals surface area contributed by atoms with Crippen molar-refractivity contribution < 1.29 is 31.2 Å². The van der Waals surface area contributed by atoms with E-state index < -0.39 is 55.9 Å². The van der Waals surface area contributed by atoms with Crippen LogP contribution in [0.3, 0.4) is 0 Å². The van der Waals surface area contributed by atoms with E-state index in [-0.39, 0.29) is 5.69 Å². The van der Waals surface area contributed by atoms with Crippen molar-refractivity contribution in [1.82, 2.24) is 0 Å². The number of nitrogens with two attached hydrogens (primary N) is 1. The highest BCUT2D eigenvalue weighted by atomic mass is 32.2. The molecule has 2 aromatic rings. The van der Waals surface area contributed by atoms with E-state index in [1.54, 1.807) is 0 Å². The first kappa shape index (κ1) is 19.2. The summed E-state index contributed by atoms with van der Waals surface area (Å²) < 4.78 is 57.6. The van der Waals surface area contributed by atoms with Crippen LogP contribution in [-0.4, -0.2) is 31.2 Å². The molecule has 0 amide bonds.